The Morgan fingerprint density at radius 1 is 1.69 bits per heavy atom. The van der Waals surface area contributed by atoms with Crippen molar-refractivity contribution >= 4 is 17.3 Å². The highest BCUT2D eigenvalue weighted by Gasteiger charge is 2.40. The van der Waals surface area contributed by atoms with Crippen LogP contribution in [-0.4, -0.2) is 22.6 Å². The SMILES string of the molecule is Cc1ncc(CC(CN)(C(=O)O)C(C)C)s1. The molecule has 0 spiro atoms. The van der Waals surface area contributed by atoms with Gasteiger partial charge in [-0.15, -0.1) is 11.3 Å². The van der Waals surface area contributed by atoms with Gasteiger partial charge >= 0.3 is 5.97 Å². The minimum atomic E-state index is -0.876. The molecule has 1 atom stereocenters. The number of carboxylic acids is 1. The average molecular weight is 242 g/mol. The molecule has 0 radical (unpaired) electrons. The third kappa shape index (κ3) is 2.41. The molecule has 0 bridgehead atoms. The largest absolute Gasteiger partial charge is 0.481 e. The minimum absolute atomic E-state index is 0.00240. The summed E-state index contributed by atoms with van der Waals surface area (Å²) in [5.74, 6) is -0.826. The van der Waals surface area contributed by atoms with Crippen LogP contribution in [0.3, 0.4) is 0 Å². The molecule has 90 valence electrons. The van der Waals surface area contributed by atoms with E-state index in [4.69, 9.17) is 5.73 Å². The zero-order chi connectivity index (χ0) is 12.3. The zero-order valence-corrected chi connectivity index (χ0v) is 10.7. The molecule has 0 saturated heterocycles. The van der Waals surface area contributed by atoms with Gasteiger partial charge in [0.05, 0.1) is 10.4 Å². The Morgan fingerprint density at radius 3 is 2.62 bits per heavy atom. The van der Waals surface area contributed by atoms with E-state index >= 15 is 0 Å². The molecule has 1 rings (SSSR count). The smallest absolute Gasteiger partial charge is 0.311 e. The van der Waals surface area contributed by atoms with Gasteiger partial charge in [-0.25, -0.2) is 4.98 Å². The van der Waals surface area contributed by atoms with Crippen molar-refractivity contribution in [2.45, 2.75) is 27.2 Å². The molecule has 0 aliphatic carbocycles. The van der Waals surface area contributed by atoms with E-state index in [0.717, 1.165) is 9.88 Å². The van der Waals surface area contributed by atoms with Crippen LogP contribution in [0.25, 0.3) is 0 Å². The summed E-state index contributed by atoms with van der Waals surface area (Å²) >= 11 is 1.53. The lowest BCUT2D eigenvalue weighted by Gasteiger charge is -2.31. The number of aromatic nitrogens is 1. The molecule has 1 aromatic heterocycles. The Balaban J connectivity index is 2.99. The highest BCUT2D eigenvalue weighted by Crippen LogP contribution is 2.32. The van der Waals surface area contributed by atoms with Gasteiger partial charge in [0, 0.05) is 24.0 Å². The standard InChI is InChI=1S/C11H18N2O2S/c1-7(2)11(6-12,10(14)15)4-9-5-13-8(3)16-9/h5,7H,4,6,12H2,1-3H3,(H,14,15). The number of hydrogen-bond donors (Lipinski definition) is 2. The molecule has 0 amide bonds. The Morgan fingerprint density at radius 2 is 2.31 bits per heavy atom. The van der Waals surface area contributed by atoms with Gasteiger partial charge in [0.15, 0.2) is 0 Å². The number of carbonyl (C=O) groups is 1. The minimum Gasteiger partial charge on any atom is -0.481 e. The third-order valence-electron chi connectivity index (χ3n) is 3.05. The van der Waals surface area contributed by atoms with E-state index in [-0.39, 0.29) is 12.5 Å². The van der Waals surface area contributed by atoms with Crippen molar-refractivity contribution in [3.8, 4) is 0 Å². The first kappa shape index (κ1) is 13.1. The van der Waals surface area contributed by atoms with E-state index in [2.05, 4.69) is 4.98 Å². The summed E-state index contributed by atoms with van der Waals surface area (Å²) in [6.07, 6.45) is 2.21. The number of nitrogens with two attached hydrogens (primary N) is 1. The maximum Gasteiger partial charge on any atom is 0.311 e. The number of carboxylic acid groups (broad SMARTS) is 1. The number of hydrogen-bond acceptors (Lipinski definition) is 4. The molecule has 1 aromatic rings. The fraction of sp³-hybridized carbons (Fsp3) is 0.636. The van der Waals surface area contributed by atoms with Gasteiger partial charge in [-0.1, -0.05) is 13.8 Å². The van der Waals surface area contributed by atoms with Gasteiger partial charge in [0.1, 0.15) is 0 Å². The van der Waals surface area contributed by atoms with E-state index in [1.54, 1.807) is 6.20 Å². The zero-order valence-electron chi connectivity index (χ0n) is 9.86. The molecule has 0 saturated carbocycles. The van der Waals surface area contributed by atoms with Gasteiger partial charge < -0.3 is 10.8 Å². The van der Waals surface area contributed by atoms with Gasteiger partial charge in [-0.2, -0.15) is 0 Å². The van der Waals surface area contributed by atoms with Crippen molar-refractivity contribution in [3.05, 3.63) is 16.1 Å². The summed E-state index contributed by atoms with van der Waals surface area (Å²) < 4.78 is 0. The van der Waals surface area contributed by atoms with Crippen LogP contribution in [0.5, 0.6) is 0 Å². The lowest BCUT2D eigenvalue weighted by Crippen LogP contribution is -2.44. The Bertz CT molecular complexity index is 376. The molecule has 0 aliphatic heterocycles. The lowest BCUT2D eigenvalue weighted by atomic mass is 9.74. The number of aryl methyl sites for hydroxylation is 1. The van der Waals surface area contributed by atoms with Crippen LogP contribution in [0.4, 0.5) is 0 Å². The highest BCUT2D eigenvalue weighted by atomic mass is 32.1. The monoisotopic (exact) mass is 242 g/mol. The summed E-state index contributed by atoms with van der Waals surface area (Å²) in [4.78, 5) is 16.5. The maximum atomic E-state index is 11.4. The van der Waals surface area contributed by atoms with Gasteiger partial charge in [-0.3, -0.25) is 4.79 Å². The topological polar surface area (TPSA) is 76.2 Å². The van der Waals surface area contributed by atoms with Crippen molar-refractivity contribution in [1.29, 1.82) is 0 Å². The quantitative estimate of drug-likeness (QED) is 0.823. The summed E-state index contributed by atoms with van der Waals surface area (Å²) in [5, 5.41) is 10.3. The first-order chi connectivity index (χ1) is 7.42. The van der Waals surface area contributed by atoms with Crippen molar-refractivity contribution in [2.24, 2.45) is 17.1 Å². The van der Waals surface area contributed by atoms with Crippen LogP contribution in [0.1, 0.15) is 23.7 Å². The second-order valence-corrected chi connectivity index (χ2v) is 5.66. The number of nitrogens with zero attached hydrogens (tertiary/aromatic N) is 1. The first-order valence-corrected chi connectivity index (χ1v) is 6.09. The molecule has 0 aliphatic rings. The van der Waals surface area contributed by atoms with Crippen LogP contribution in [0.2, 0.25) is 0 Å². The van der Waals surface area contributed by atoms with E-state index in [9.17, 15) is 9.90 Å². The fourth-order valence-corrected chi connectivity index (χ4v) is 2.64. The van der Waals surface area contributed by atoms with Crippen LogP contribution >= 0.6 is 11.3 Å². The van der Waals surface area contributed by atoms with E-state index in [1.165, 1.54) is 11.3 Å². The van der Waals surface area contributed by atoms with Crippen molar-refractivity contribution < 1.29 is 9.90 Å². The molecular formula is C11H18N2O2S. The van der Waals surface area contributed by atoms with Crippen LogP contribution < -0.4 is 5.73 Å². The summed E-state index contributed by atoms with van der Waals surface area (Å²) in [6, 6.07) is 0. The normalized spacial score (nSPS) is 15.1. The van der Waals surface area contributed by atoms with E-state index in [0.29, 0.717) is 6.42 Å². The van der Waals surface area contributed by atoms with Crippen molar-refractivity contribution in [3.63, 3.8) is 0 Å². The van der Waals surface area contributed by atoms with E-state index < -0.39 is 11.4 Å². The molecule has 4 nitrogen and oxygen atoms in total. The molecule has 0 aromatic carbocycles. The van der Waals surface area contributed by atoms with Crippen LogP contribution in [0, 0.1) is 18.3 Å². The predicted molar refractivity (Wildman–Crippen MR) is 64.5 cm³/mol. The first-order valence-electron chi connectivity index (χ1n) is 5.27. The predicted octanol–water partition coefficient (Wildman–Crippen LogP) is 1.68. The summed E-state index contributed by atoms with van der Waals surface area (Å²) in [6.45, 7) is 5.86. The molecule has 16 heavy (non-hydrogen) atoms. The van der Waals surface area contributed by atoms with E-state index in [1.807, 2.05) is 20.8 Å². The molecule has 1 unspecified atom stereocenters. The second kappa shape index (κ2) is 4.93. The van der Waals surface area contributed by atoms with Crippen LogP contribution in [0.15, 0.2) is 6.20 Å². The molecule has 3 N–H and O–H groups in total. The third-order valence-corrected chi connectivity index (χ3v) is 3.97. The maximum absolute atomic E-state index is 11.4. The Kier molecular flexibility index (Phi) is 4.04. The summed E-state index contributed by atoms with van der Waals surface area (Å²) in [7, 11) is 0. The van der Waals surface area contributed by atoms with Gasteiger partial charge in [0.2, 0.25) is 0 Å². The molecular weight excluding hydrogens is 224 g/mol. The Labute approximate surface area is 99.5 Å². The van der Waals surface area contributed by atoms with Gasteiger partial charge in [0.25, 0.3) is 0 Å². The Hall–Kier alpha value is -0.940. The fourth-order valence-electron chi connectivity index (χ4n) is 1.72. The van der Waals surface area contributed by atoms with Crippen molar-refractivity contribution in [1.82, 2.24) is 4.98 Å². The highest BCUT2D eigenvalue weighted by molar-refractivity contribution is 7.11. The van der Waals surface area contributed by atoms with Crippen molar-refractivity contribution in [2.75, 3.05) is 6.54 Å². The van der Waals surface area contributed by atoms with Crippen LogP contribution in [-0.2, 0) is 11.2 Å². The number of aliphatic carboxylic acids is 1. The second-order valence-electron chi connectivity index (χ2n) is 4.34. The number of rotatable bonds is 5. The molecule has 0 fully saturated rings. The molecule has 5 heteroatoms. The van der Waals surface area contributed by atoms with Gasteiger partial charge in [-0.05, 0) is 12.8 Å². The summed E-state index contributed by atoms with van der Waals surface area (Å²) in [5.41, 5.74) is 4.79. The number of thiazole rings is 1. The lowest BCUT2D eigenvalue weighted by molar-refractivity contribution is -0.151. The average Bonchev–Trinajstić information content (AvgIpc) is 2.59. The molecule has 1 heterocycles.